The summed E-state index contributed by atoms with van der Waals surface area (Å²) in [4.78, 5) is 11.2. The second kappa shape index (κ2) is 5.53. The Balaban J connectivity index is 2.13. The van der Waals surface area contributed by atoms with E-state index in [-0.39, 0.29) is 11.5 Å². The van der Waals surface area contributed by atoms with Gasteiger partial charge in [-0.2, -0.15) is 5.10 Å². The number of benzene rings is 2. The number of nitrogens with zero attached hydrogens (tertiary/aromatic N) is 1. The standard InChI is InChI=1S/C17H14N2O/c20-16-12-11-15(18-19-16)17(13-7-3-1-4-8-13)14-9-5-2-6-10-14/h1-12,17H,(H,19,20). The first-order valence-corrected chi connectivity index (χ1v) is 6.50. The van der Waals surface area contributed by atoms with Crippen molar-refractivity contribution in [2.75, 3.05) is 0 Å². The van der Waals surface area contributed by atoms with Crippen molar-refractivity contribution in [3.05, 3.63) is 100.0 Å². The molecule has 3 nitrogen and oxygen atoms in total. The van der Waals surface area contributed by atoms with Gasteiger partial charge in [0.15, 0.2) is 0 Å². The van der Waals surface area contributed by atoms with Gasteiger partial charge in [0.05, 0.1) is 11.6 Å². The topological polar surface area (TPSA) is 45.8 Å². The first-order chi connectivity index (χ1) is 9.84. The smallest absolute Gasteiger partial charge is 0.264 e. The summed E-state index contributed by atoms with van der Waals surface area (Å²) in [6, 6.07) is 23.6. The van der Waals surface area contributed by atoms with Gasteiger partial charge in [-0.15, -0.1) is 0 Å². The quantitative estimate of drug-likeness (QED) is 0.788. The highest BCUT2D eigenvalue weighted by Crippen LogP contribution is 2.29. The van der Waals surface area contributed by atoms with Crippen LogP contribution in [0.15, 0.2) is 77.6 Å². The lowest BCUT2D eigenvalue weighted by Crippen LogP contribution is -2.12. The molecule has 0 atom stereocenters. The van der Waals surface area contributed by atoms with Crippen LogP contribution in [0.2, 0.25) is 0 Å². The van der Waals surface area contributed by atoms with Gasteiger partial charge in [-0.25, -0.2) is 5.10 Å². The lowest BCUT2D eigenvalue weighted by molar-refractivity contribution is 0.842. The van der Waals surface area contributed by atoms with Gasteiger partial charge in [-0.1, -0.05) is 60.7 Å². The minimum Gasteiger partial charge on any atom is -0.268 e. The molecule has 0 amide bonds. The lowest BCUT2D eigenvalue weighted by atomic mass is 9.88. The molecule has 2 aromatic carbocycles. The number of rotatable bonds is 3. The van der Waals surface area contributed by atoms with Crippen LogP contribution in [0.25, 0.3) is 0 Å². The first kappa shape index (κ1) is 12.4. The molecule has 0 saturated carbocycles. The summed E-state index contributed by atoms with van der Waals surface area (Å²) in [6.07, 6.45) is 0. The average Bonchev–Trinajstić information content (AvgIpc) is 2.52. The van der Waals surface area contributed by atoms with E-state index in [4.69, 9.17) is 0 Å². The average molecular weight is 262 g/mol. The van der Waals surface area contributed by atoms with E-state index < -0.39 is 0 Å². The molecule has 98 valence electrons. The minimum atomic E-state index is -0.186. The molecule has 0 radical (unpaired) electrons. The summed E-state index contributed by atoms with van der Waals surface area (Å²) in [6.45, 7) is 0. The van der Waals surface area contributed by atoms with Crippen molar-refractivity contribution in [3.8, 4) is 0 Å². The molecular weight excluding hydrogens is 248 g/mol. The van der Waals surface area contributed by atoms with Gasteiger partial charge in [0, 0.05) is 6.07 Å². The Morgan fingerprint density at radius 1 is 0.750 bits per heavy atom. The van der Waals surface area contributed by atoms with E-state index >= 15 is 0 Å². The third-order valence-corrected chi connectivity index (χ3v) is 3.26. The number of H-pyrrole nitrogens is 1. The van der Waals surface area contributed by atoms with E-state index in [2.05, 4.69) is 34.5 Å². The van der Waals surface area contributed by atoms with Crippen molar-refractivity contribution >= 4 is 0 Å². The molecule has 0 bridgehead atoms. The van der Waals surface area contributed by atoms with Gasteiger partial charge in [-0.05, 0) is 17.2 Å². The maximum absolute atomic E-state index is 11.2. The first-order valence-electron chi connectivity index (χ1n) is 6.50. The molecule has 0 spiro atoms. The summed E-state index contributed by atoms with van der Waals surface area (Å²) in [5.74, 6) is 0.0225. The molecule has 3 aromatic rings. The van der Waals surface area contributed by atoms with Gasteiger partial charge in [0.2, 0.25) is 0 Å². The zero-order valence-electron chi connectivity index (χ0n) is 10.9. The molecule has 3 rings (SSSR count). The van der Waals surface area contributed by atoms with Crippen LogP contribution in [0.3, 0.4) is 0 Å². The predicted octanol–water partition coefficient (Wildman–Crippen LogP) is 2.95. The summed E-state index contributed by atoms with van der Waals surface area (Å²) >= 11 is 0. The van der Waals surface area contributed by atoms with Crippen molar-refractivity contribution in [1.29, 1.82) is 0 Å². The zero-order valence-corrected chi connectivity index (χ0v) is 10.9. The monoisotopic (exact) mass is 262 g/mol. The number of hydrogen-bond acceptors (Lipinski definition) is 2. The molecule has 20 heavy (non-hydrogen) atoms. The molecule has 0 aliphatic rings. The Kier molecular flexibility index (Phi) is 3.42. The lowest BCUT2D eigenvalue weighted by Gasteiger charge is -2.17. The van der Waals surface area contributed by atoms with Crippen LogP contribution in [0, 0.1) is 0 Å². The number of aromatic amines is 1. The van der Waals surface area contributed by atoms with Crippen molar-refractivity contribution in [2.24, 2.45) is 0 Å². The SMILES string of the molecule is O=c1ccc(C(c2ccccc2)c2ccccc2)n[nH]1. The van der Waals surface area contributed by atoms with E-state index in [9.17, 15) is 4.79 Å². The minimum absolute atomic E-state index is 0.0225. The molecule has 1 aromatic heterocycles. The second-order valence-electron chi connectivity index (χ2n) is 4.60. The van der Waals surface area contributed by atoms with Crippen molar-refractivity contribution in [2.45, 2.75) is 5.92 Å². The molecule has 0 aliphatic heterocycles. The summed E-state index contributed by atoms with van der Waals surface area (Å²) in [5, 5.41) is 6.71. The Hall–Kier alpha value is -2.68. The van der Waals surface area contributed by atoms with Crippen LogP contribution in [0.5, 0.6) is 0 Å². The second-order valence-corrected chi connectivity index (χ2v) is 4.60. The molecule has 0 unspecified atom stereocenters. The fourth-order valence-electron chi connectivity index (χ4n) is 2.34. The van der Waals surface area contributed by atoms with Crippen molar-refractivity contribution in [3.63, 3.8) is 0 Å². The van der Waals surface area contributed by atoms with Gasteiger partial charge in [0.25, 0.3) is 5.56 Å². The van der Waals surface area contributed by atoms with Crippen LogP contribution in [-0.2, 0) is 0 Å². The van der Waals surface area contributed by atoms with Crippen LogP contribution < -0.4 is 5.56 Å². The molecular formula is C17H14N2O. The molecule has 3 heteroatoms. The normalized spacial score (nSPS) is 10.7. The fourth-order valence-corrected chi connectivity index (χ4v) is 2.34. The third-order valence-electron chi connectivity index (χ3n) is 3.26. The largest absolute Gasteiger partial charge is 0.268 e. The Bertz CT molecular complexity index is 676. The van der Waals surface area contributed by atoms with Crippen molar-refractivity contribution in [1.82, 2.24) is 10.2 Å². The van der Waals surface area contributed by atoms with E-state index in [1.54, 1.807) is 6.07 Å². The Labute approximate surface area is 116 Å². The van der Waals surface area contributed by atoms with Gasteiger partial charge >= 0.3 is 0 Å². The van der Waals surface area contributed by atoms with Crippen molar-refractivity contribution < 1.29 is 0 Å². The van der Waals surface area contributed by atoms with E-state index in [0.29, 0.717) is 0 Å². The molecule has 0 fully saturated rings. The number of nitrogens with one attached hydrogen (secondary N) is 1. The van der Waals surface area contributed by atoms with Crippen LogP contribution in [0.1, 0.15) is 22.7 Å². The van der Waals surface area contributed by atoms with E-state index in [1.807, 2.05) is 36.4 Å². The summed E-state index contributed by atoms with van der Waals surface area (Å²) < 4.78 is 0. The molecule has 0 saturated heterocycles. The summed E-state index contributed by atoms with van der Waals surface area (Å²) in [5.41, 5.74) is 2.95. The van der Waals surface area contributed by atoms with E-state index in [0.717, 1.165) is 16.8 Å². The van der Waals surface area contributed by atoms with Crippen LogP contribution >= 0.6 is 0 Å². The highest BCUT2D eigenvalue weighted by Gasteiger charge is 2.17. The van der Waals surface area contributed by atoms with Gasteiger partial charge in [0.1, 0.15) is 0 Å². The Morgan fingerprint density at radius 2 is 1.30 bits per heavy atom. The molecule has 1 heterocycles. The molecule has 0 aliphatic carbocycles. The highest BCUT2D eigenvalue weighted by molar-refractivity contribution is 5.39. The summed E-state index contributed by atoms with van der Waals surface area (Å²) in [7, 11) is 0. The van der Waals surface area contributed by atoms with Crippen LogP contribution in [0.4, 0.5) is 0 Å². The number of aromatic nitrogens is 2. The predicted molar refractivity (Wildman–Crippen MR) is 78.7 cm³/mol. The zero-order chi connectivity index (χ0) is 13.8. The highest BCUT2D eigenvalue weighted by atomic mass is 16.1. The van der Waals surface area contributed by atoms with Crippen LogP contribution in [-0.4, -0.2) is 10.2 Å². The van der Waals surface area contributed by atoms with Gasteiger partial charge < -0.3 is 0 Å². The molecule has 1 N–H and O–H groups in total. The number of hydrogen-bond donors (Lipinski definition) is 1. The maximum atomic E-state index is 11.2. The third kappa shape index (κ3) is 2.52. The van der Waals surface area contributed by atoms with Gasteiger partial charge in [-0.3, -0.25) is 4.79 Å². The maximum Gasteiger partial charge on any atom is 0.264 e. The Morgan fingerprint density at radius 3 is 1.75 bits per heavy atom. The fraction of sp³-hybridized carbons (Fsp3) is 0.0588. The van der Waals surface area contributed by atoms with E-state index in [1.165, 1.54) is 6.07 Å².